The normalized spacial score (nSPS) is 24.9. The van der Waals surface area contributed by atoms with Gasteiger partial charge in [-0.3, -0.25) is 5.73 Å². The monoisotopic (exact) mass is 331 g/mol. The second-order valence-corrected chi connectivity index (χ2v) is 6.18. The minimum absolute atomic E-state index is 0.210. The molecule has 7 N–H and O–H groups in total. The Kier molecular flexibility index (Phi) is 4.25. The van der Waals surface area contributed by atoms with E-state index < -0.39 is 5.79 Å². The molecule has 1 aromatic rings. The molecule has 2 heterocycles. The third kappa shape index (κ3) is 2.98. The Labute approximate surface area is 141 Å². The van der Waals surface area contributed by atoms with Crippen molar-refractivity contribution in [3.63, 3.8) is 0 Å². The molecule has 0 amide bonds. The fourth-order valence-electron chi connectivity index (χ4n) is 2.94. The summed E-state index contributed by atoms with van der Waals surface area (Å²) in [7, 11) is 3.76. The van der Waals surface area contributed by atoms with Crippen molar-refractivity contribution in [2.24, 2.45) is 22.2 Å². The number of likely N-dealkylation sites (N-methyl/N-ethyl adjacent to an activating group) is 1. The topological polar surface area (TPSA) is 118 Å². The van der Waals surface area contributed by atoms with Crippen LogP contribution in [0, 0.1) is 0 Å². The van der Waals surface area contributed by atoms with Gasteiger partial charge in [-0.25, -0.2) is 4.99 Å². The number of aliphatic imine (C=N–C) groups is 1. The van der Waals surface area contributed by atoms with E-state index in [9.17, 15) is 0 Å². The Morgan fingerprint density at radius 2 is 1.92 bits per heavy atom. The summed E-state index contributed by atoms with van der Waals surface area (Å²) in [6.07, 6.45) is 1.57. The molecule has 0 spiro atoms. The molecule has 2 aliphatic rings. The van der Waals surface area contributed by atoms with Gasteiger partial charge in [0, 0.05) is 44.1 Å². The SMILES string of the molecule is COc1cc(N2CCN(C)CC2)ccc1C1(N)N=C(N)C(N)=CN1. The van der Waals surface area contributed by atoms with E-state index in [1.807, 2.05) is 18.2 Å². The van der Waals surface area contributed by atoms with Crippen LogP contribution < -0.4 is 32.2 Å². The van der Waals surface area contributed by atoms with E-state index >= 15 is 0 Å². The number of nitrogens with zero attached hydrogens (tertiary/aromatic N) is 3. The van der Waals surface area contributed by atoms with E-state index in [4.69, 9.17) is 21.9 Å². The van der Waals surface area contributed by atoms with Crippen LogP contribution in [0.25, 0.3) is 0 Å². The van der Waals surface area contributed by atoms with Crippen LogP contribution in [0.4, 0.5) is 5.69 Å². The van der Waals surface area contributed by atoms with Gasteiger partial charge < -0.3 is 31.3 Å². The van der Waals surface area contributed by atoms with Gasteiger partial charge >= 0.3 is 0 Å². The molecular weight excluding hydrogens is 306 g/mol. The number of nitrogens with two attached hydrogens (primary N) is 3. The summed E-state index contributed by atoms with van der Waals surface area (Å²) in [4.78, 5) is 8.94. The molecule has 1 saturated heterocycles. The molecule has 0 radical (unpaired) electrons. The Hall–Kier alpha value is -2.45. The highest BCUT2D eigenvalue weighted by atomic mass is 16.5. The molecule has 2 aliphatic heterocycles. The molecular formula is C16H25N7O. The summed E-state index contributed by atoms with van der Waals surface area (Å²) in [5.74, 6) is -0.327. The summed E-state index contributed by atoms with van der Waals surface area (Å²) in [6, 6.07) is 5.95. The molecule has 1 atom stereocenters. The number of hydrogen-bond donors (Lipinski definition) is 4. The first-order chi connectivity index (χ1) is 11.4. The average molecular weight is 331 g/mol. The molecule has 1 aromatic carbocycles. The molecule has 0 aromatic heterocycles. The Balaban J connectivity index is 1.90. The number of hydrogen-bond acceptors (Lipinski definition) is 8. The van der Waals surface area contributed by atoms with Crippen molar-refractivity contribution in [1.29, 1.82) is 0 Å². The highest BCUT2D eigenvalue weighted by Gasteiger charge is 2.32. The first kappa shape index (κ1) is 16.4. The van der Waals surface area contributed by atoms with Crippen molar-refractivity contribution in [2.45, 2.75) is 5.79 Å². The van der Waals surface area contributed by atoms with Crippen LogP contribution in [0.3, 0.4) is 0 Å². The van der Waals surface area contributed by atoms with Crippen molar-refractivity contribution in [1.82, 2.24) is 10.2 Å². The van der Waals surface area contributed by atoms with E-state index in [1.54, 1.807) is 13.3 Å². The van der Waals surface area contributed by atoms with Crippen molar-refractivity contribution >= 4 is 11.5 Å². The molecule has 24 heavy (non-hydrogen) atoms. The van der Waals surface area contributed by atoms with Gasteiger partial charge in [-0.1, -0.05) is 0 Å². The van der Waals surface area contributed by atoms with Gasteiger partial charge in [-0.2, -0.15) is 0 Å². The van der Waals surface area contributed by atoms with Crippen LogP contribution in [0.1, 0.15) is 5.56 Å². The lowest BCUT2D eigenvalue weighted by Gasteiger charge is -2.35. The maximum absolute atomic E-state index is 6.38. The molecule has 1 fully saturated rings. The highest BCUT2D eigenvalue weighted by Crippen LogP contribution is 2.33. The van der Waals surface area contributed by atoms with E-state index in [0.717, 1.165) is 31.9 Å². The standard InChI is InChI=1S/C16H25N7O/c1-22-5-7-23(8-6-22)11-3-4-12(14(9-11)24-2)16(19)20-10-13(17)15(18)21-16/h3-4,9-10,20H,5-8,17,19H2,1-2H3,(H2,18,21). The zero-order valence-electron chi connectivity index (χ0n) is 14.1. The fraction of sp³-hybridized carbons (Fsp3) is 0.438. The number of ether oxygens (including phenoxy) is 1. The van der Waals surface area contributed by atoms with Gasteiger partial charge in [0.2, 0.25) is 5.79 Å². The molecule has 130 valence electrons. The zero-order valence-corrected chi connectivity index (χ0v) is 14.1. The highest BCUT2D eigenvalue weighted by molar-refractivity contribution is 5.96. The maximum atomic E-state index is 6.38. The van der Waals surface area contributed by atoms with Crippen molar-refractivity contribution in [3.8, 4) is 5.75 Å². The number of nitrogens with one attached hydrogen (secondary N) is 1. The smallest absolute Gasteiger partial charge is 0.214 e. The Morgan fingerprint density at radius 3 is 2.54 bits per heavy atom. The predicted molar refractivity (Wildman–Crippen MR) is 95.6 cm³/mol. The number of anilines is 1. The summed E-state index contributed by atoms with van der Waals surface area (Å²) >= 11 is 0. The lowest BCUT2D eigenvalue weighted by Crippen LogP contribution is -2.51. The van der Waals surface area contributed by atoms with Gasteiger partial charge in [0.05, 0.1) is 18.4 Å². The second kappa shape index (κ2) is 6.21. The fourth-order valence-corrected chi connectivity index (χ4v) is 2.94. The molecule has 1 unspecified atom stereocenters. The summed E-state index contributed by atoms with van der Waals surface area (Å²) in [5.41, 5.74) is 20.1. The average Bonchev–Trinajstić information content (AvgIpc) is 2.58. The third-order valence-corrected chi connectivity index (χ3v) is 4.50. The van der Waals surface area contributed by atoms with Crippen LogP contribution in [0.15, 0.2) is 35.1 Å². The van der Waals surface area contributed by atoms with E-state index in [-0.39, 0.29) is 5.84 Å². The molecule has 0 bridgehead atoms. The predicted octanol–water partition coefficient (Wildman–Crippen LogP) is -0.723. The number of rotatable bonds is 3. The first-order valence-electron chi connectivity index (χ1n) is 7.93. The molecule has 8 nitrogen and oxygen atoms in total. The van der Waals surface area contributed by atoms with Crippen LogP contribution in [-0.2, 0) is 5.79 Å². The largest absolute Gasteiger partial charge is 0.496 e. The number of piperazine rings is 1. The second-order valence-electron chi connectivity index (χ2n) is 6.18. The van der Waals surface area contributed by atoms with E-state index in [0.29, 0.717) is 17.0 Å². The van der Waals surface area contributed by atoms with Crippen molar-refractivity contribution in [2.75, 3.05) is 45.2 Å². The zero-order chi connectivity index (χ0) is 17.3. The minimum Gasteiger partial charge on any atom is -0.496 e. The first-order valence-corrected chi connectivity index (χ1v) is 7.93. The van der Waals surface area contributed by atoms with Gasteiger partial charge in [0.15, 0.2) is 0 Å². The molecule has 0 saturated carbocycles. The van der Waals surface area contributed by atoms with Crippen molar-refractivity contribution < 1.29 is 4.74 Å². The summed E-state index contributed by atoms with van der Waals surface area (Å²) in [5, 5.41) is 2.99. The van der Waals surface area contributed by atoms with Crippen LogP contribution in [0.2, 0.25) is 0 Å². The quantitative estimate of drug-likeness (QED) is 0.577. The van der Waals surface area contributed by atoms with Crippen molar-refractivity contribution in [3.05, 3.63) is 35.7 Å². The van der Waals surface area contributed by atoms with Gasteiger partial charge in [-0.15, -0.1) is 0 Å². The van der Waals surface area contributed by atoms with Crippen LogP contribution >= 0.6 is 0 Å². The summed E-state index contributed by atoms with van der Waals surface area (Å²) < 4.78 is 5.56. The Bertz CT molecular complexity index is 679. The van der Waals surface area contributed by atoms with E-state index in [1.165, 1.54) is 0 Å². The van der Waals surface area contributed by atoms with Gasteiger partial charge in [0.25, 0.3) is 0 Å². The molecule has 3 rings (SSSR count). The third-order valence-electron chi connectivity index (χ3n) is 4.50. The van der Waals surface area contributed by atoms with Crippen LogP contribution in [0.5, 0.6) is 5.75 Å². The number of amidine groups is 1. The molecule has 8 heteroatoms. The van der Waals surface area contributed by atoms with Crippen LogP contribution in [-0.4, -0.2) is 51.1 Å². The summed E-state index contributed by atoms with van der Waals surface area (Å²) in [6.45, 7) is 4.04. The maximum Gasteiger partial charge on any atom is 0.214 e. The minimum atomic E-state index is -1.20. The Morgan fingerprint density at radius 1 is 1.21 bits per heavy atom. The van der Waals surface area contributed by atoms with E-state index in [2.05, 4.69) is 27.2 Å². The lowest BCUT2D eigenvalue weighted by molar-refractivity contribution is 0.312. The van der Waals surface area contributed by atoms with Gasteiger partial charge in [0.1, 0.15) is 11.6 Å². The number of methoxy groups -OCH3 is 1. The molecule has 0 aliphatic carbocycles. The number of benzene rings is 1. The lowest BCUT2D eigenvalue weighted by atomic mass is 10.0. The van der Waals surface area contributed by atoms with Gasteiger partial charge in [-0.05, 0) is 19.2 Å².